The number of halogens is 1. The first-order valence-corrected chi connectivity index (χ1v) is 9.18. The van der Waals surface area contributed by atoms with Crippen molar-refractivity contribution in [3.63, 3.8) is 0 Å². The van der Waals surface area contributed by atoms with Crippen LogP contribution in [0.15, 0.2) is 35.9 Å². The van der Waals surface area contributed by atoms with Gasteiger partial charge in [0.25, 0.3) is 0 Å². The Morgan fingerprint density at radius 2 is 1.92 bits per heavy atom. The molecule has 4 nitrogen and oxygen atoms in total. The molecule has 1 atom stereocenters. The molecule has 1 heterocycles. The summed E-state index contributed by atoms with van der Waals surface area (Å²) in [6.07, 6.45) is 5.66. The molecule has 2 fully saturated rings. The third-order valence-electron chi connectivity index (χ3n) is 5.10. The maximum absolute atomic E-state index is 12.8. The van der Waals surface area contributed by atoms with Gasteiger partial charge in [0.2, 0.25) is 0 Å². The Bertz CT molecular complexity index is 634. The second-order valence-corrected chi connectivity index (χ2v) is 7.53. The zero-order valence-corrected chi connectivity index (χ0v) is 15.4. The molecular weight excluding hydrogens is 340 g/mol. The molecule has 1 saturated carbocycles. The molecule has 0 bridgehead atoms. The summed E-state index contributed by atoms with van der Waals surface area (Å²) in [4.78, 5) is 12.8. The number of benzene rings is 1. The lowest BCUT2D eigenvalue weighted by Gasteiger charge is -2.48. The summed E-state index contributed by atoms with van der Waals surface area (Å²) in [5.74, 6) is 0.0502. The molecule has 1 saturated heterocycles. The van der Waals surface area contributed by atoms with Crippen LogP contribution in [-0.4, -0.2) is 30.9 Å². The average Bonchev–Trinajstić information content (AvgIpc) is 2.59. The minimum Gasteiger partial charge on any atom is -0.497 e. The van der Waals surface area contributed by atoms with Crippen LogP contribution in [0.4, 0.5) is 0 Å². The van der Waals surface area contributed by atoms with Crippen molar-refractivity contribution in [2.45, 2.75) is 56.3 Å². The third-order valence-corrected chi connectivity index (χ3v) is 5.23. The molecule has 0 radical (unpaired) electrons. The lowest BCUT2D eigenvalue weighted by atomic mass is 9.83. The van der Waals surface area contributed by atoms with Crippen LogP contribution in [0.1, 0.15) is 44.1 Å². The molecule has 136 valence electrons. The van der Waals surface area contributed by atoms with Crippen molar-refractivity contribution in [3.05, 3.63) is 41.4 Å². The highest BCUT2D eigenvalue weighted by atomic mass is 35.5. The van der Waals surface area contributed by atoms with Gasteiger partial charge in [0, 0.05) is 30.7 Å². The van der Waals surface area contributed by atoms with Gasteiger partial charge in [-0.15, -0.1) is 0 Å². The minimum absolute atomic E-state index is 0.0682. The first-order chi connectivity index (χ1) is 12.0. The zero-order chi connectivity index (χ0) is 17.9. The first-order valence-electron chi connectivity index (χ1n) is 8.81. The summed E-state index contributed by atoms with van der Waals surface area (Å²) in [6.45, 7) is 3.87. The van der Waals surface area contributed by atoms with E-state index in [1.54, 1.807) is 7.11 Å². The zero-order valence-electron chi connectivity index (χ0n) is 14.7. The topological polar surface area (TPSA) is 44.8 Å². The Balaban J connectivity index is 1.89. The van der Waals surface area contributed by atoms with Crippen molar-refractivity contribution in [1.82, 2.24) is 0 Å². The summed E-state index contributed by atoms with van der Waals surface area (Å²) in [7, 11) is 1.63. The van der Waals surface area contributed by atoms with Crippen LogP contribution in [0.3, 0.4) is 0 Å². The quantitative estimate of drug-likeness (QED) is 0.777. The van der Waals surface area contributed by atoms with Gasteiger partial charge in [-0.05, 0) is 30.5 Å². The molecule has 1 aliphatic heterocycles. The van der Waals surface area contributed by atoms with E-state index < -0.39 is 11.4 Å². The van der Waals surface area contributed by atoms with Gasteiger partial charge in [0.15, 0.2) is 11.6 Å². The summed E-state index contributed by atoms with van der Waals surface area (Å²) >= 11 is 6.12. The number of carbonyl (C=O) groups excluding carboxylic acids is 1. The van der Waals surface area contributed by atoms with Crippen LogP contribution in [0.2, 0.25) is 0 Å². The third kappa shape index (κ3) is 4.08. The van der Waals surface area contributed by atoms with Gasteiger partial charge in [-0.1, -0.05) is 36.7 Å². The summed E-state index contributed by atoms with van der Waals surface area (Å²) < 4.78 is 17.5. The molecule has 3 rings (SSSR count). The highest BCUT2D eigenvalue weighted by Crippen LogP contribution is 2.43. The van der Waals surface area contributed by atoms with Gasteiger partial charge in [-0.25, -0.2) is 0 Å². The van der Waals surface area contributed by atoms with Crippen LogP contribution < -0.4 is 4.74 Å². The molecule has 0 N–H and O–H groups in total. The second kappa shape index (κ2) is 7.48. The van der Waals surface area contributed by atoms with Crippen molar-refractivity contribution in [3.8, 4) is 5.75 Å². The number of rotatable bonds is 5. The lowest BCUT2D eigenvalue weighted by Crippen LogP contribution is -2.59. The normalized spacial score (nSPS) is 25.8. The fraction of sp³-hybridized carbons (Fsp3) is 0.550. The van der Waals surface area contributed by atoms with Crippen LogP contribution >= 0.6 is 11.6 Å². The number of Topliss-reactive ketones (excluding diaryl/α,β-unsaturated/α-hetero) is 1. The Hall–Kier alpha value is -1.36. The molecular formula is C20H25ClO4. The van der Waals surface area contributed by atoms with Crippen LogP contribution in [0.25, 0.3) is 0 Å². The Labute approximate surface area is 154 Å². The van der Waals surface area contributed by atoms with E-state index in [9.17, 15) is 4.79 Å². The summed E-state index contributed by atoms with van der Waals surface area (Å²) in [5, 5.41) is 0.426. The van der Waals surface area contributed by atoms with Gasteiger partial charge in [0.1, 0.15) is 18.0 Å². The Morgan fingerprint density at radius 3 is 2.52 bits per heavy atom. The lowest BCUT2D eigenvalue weighted by molar-refractivity contribution is -0.315. The molecule has 0 aromatic heterocycles. The van der Waals surface area contributed by atoms with E-state index in [2.05, 4.69) is 6.58 Å². The van der Waals surface area contributed by atoms with Crippen LogP contribution in [0.5, 0.6) is 5.75 Å². The minimum atomic E-state index is -1.01. The van der Waals surface area contributed by atoms with E-state index in [1.807, 2.05) is 24.3 Å². The first kappa shape index (κ1) is 18.4. The fourth-order valence-corrected chi connectivity index (χ4v) is 4.04. The predicted octanol–water partition coefficient (Wildman–Crippen LogP) is 4.40. The van der Waals surface area contributed by atoms with E-state index >= 15 is 0 Å². The van der Waals surface area contributed by atoms with Gasteiger partial charge in [0.05, 0.1) is 7.11 Å². The number of hydrogen-bond donors (Lipinski definition) is 0. The monoisotopic (exact) mass is 364 g/mol. The maximum Gasteiger partial charge on any atom is 0.191 e. The fourth-order valence-electron chi connectivity index (χ4n) is 3.82. The highest BCUT2D eigenvalue weighted by molar-refractivity contribution is 6.29. The number of ether oxygens (including phenoxy) is 3. The van der Waals surface area contributed by atoms with Crippen molar-refractivity contribution >= 4 is 17.4 Å². The van der Waals surface area contributed by atoms with Gasteiger partial charge in [-0.2, -0.15) is 0 Å². The Morgan fingerprint density at radius 1 is 1.24 bits per heavy atom. The van der Waals surface area contributed by atoms with Gasteiger partial charge < -0.3 is 14.2 Å². The van der Waals surface area contributed by atoms with E-state index in [0.29, 0.717) is 17.9 Å². The molecule has 2 aliphatic rings. The van der Waals surface area contributed by atoms with E-state index in [0.717, 1.165) is 37.0 Å². The predicted molar refractivity (Wildman–Crippen MR) is 96.9 cm³/mol. The maximum atomic E-state index is 12.8. The number of ketones is 1. The summed E-state index contributed by atoms with van der Waals surface area (Å²) in [5.41, 5.74) is -0.0110. The number of methoxy groups -OCH3 is 1. The molecule has 1 aromatic rings. The smallest absolute Gasteiger partial charge is 0.191 e. The van der Waals surface area contributed by atoms with Gasteiger partial charge in [-0.3, -0.25) is 4.79 Å². The largest absolute Gasteiger partial charge is 0.497 e. The van der Waals surface area contributed by atoms with Crippen molar-refractivity contribution < 1.29 is 19.0 Å². The van der Waals surface area contributed by atoms with Gasteiger partial charge >= 0.3 is 0 Å². The van der Waals surface area contributed by atoms with Crippen LogP contribution in [-0.2, 0) is 20.7 Å². The molecule has 0 amide bonds. The van der Waals surface area contributed by atoms with Crippen molar-refractivity contribution in [1.29, 1.82) is 0 Å². The van der Waals surface area contributed by atoms with Crippen LogP contribution in [0, 0.1) is 0 Å². The Kier molecular flexibility index (Phi) is 5.52. The highest BCUT2D eigenvalue weighted by Gasteiger charge is 2.52. The molecule has 1 aromatic carbocycles. The molecule has 1 spiro atoms. The SMILES string of the molecule is C=C(Cl)C[C@]1(Cc2ccc(OC)cc2)OC2(CCCCC2)OCC1=O. The van der Waals surface area contributed by atoms with E-state index in [1.165, 1.54) is 6.42 Å². The molecule has 1 aliphatic carbocycles. The molecule has 5 heteroatoms. The number of hydrogen-bond acceptors (Lipinski definition) is 4. The van der Waals surface area contributed by atoms with Crippen molar-refractivity contribution in [2.24, 2.45) is 0 Å². The van der Waals surface area contributed by atoms with E-state index in [-0.39, 0.29) is 12.4 Å². The van der Waals surface area contributed by atoms with E-state index in [4.69, 9.17) is 25.8 Å². The van der Waals surface area contributed by atoms with Crippen molar-refractivity contribution in [2.75, 3.05) is 13.7 Å². The standard InChI is InChI=1S/C20H25ClO4/c1-15(21)12-19(13-16-6-8-17(23-2)9-7-16)18(22)14-24-20(25-19)10-4-3-5-11-20/h6-9H,1,3-5,10-14H2,2H3/t19-/m1/s1. The molecule has 25 heavy (non-hydrogen) atoms. The molecule has 0 unspecified atom stereocenters. The summed E-state index contributed by atoms with van der Waals surface area (Å²) in [6, 6.07) is 7.69. The average molecular weight is 365 g/mol. The second-order valence-electron chi connectivity index (χ2n) is 7.00. The number of carbonyl (C=O) groups is 1.